The molecule has 0 bridgehead atoms. The van der Waals surface area contributed by atoms with Crippen molar-refractivity contribution >= 4 is 11.6 Å². The lowest BCUT2D eigenvalue weighted by molar-refractivity contribution is -0.135. The van der Waals surface area contributed by atoms with Crippen LogP contribution in [0.1, 0.15) is 6.92 Å². The summed E-state index contributed by atoms with van der Waals surface area (Å²) in [7, 11) is 3.29. The molecule has 0 radical (unpaired) electrons. The van der Waals surface area contributed by atoms with Crippen LogP contribution in [0, 0.1) is 0 Å². The maximum atomic E-state index is 11.5. The van der Waals surface area contributed by atoms with Crippen LogP contribution in [0.25, 0.3) is 0 Å². The number of rotatable bonds is 3. The molecule has 0 saturated carbocycles. The van der Waals surface area contributed by atoms with E-state index in [1.54, 1.807) is 33.2 Å². The summed E-state index contributed by atoms with van der Waals surface area (Å²) in [5, 5.41) is 9.36. The molecule has 1 aromatic carbocycles. The molecular weight excluding hydrogens is 208 g/mol. The van der Waals surface area contributed by atoms with Crippen molar-refractivity contribution in [3.05, 3.63) is 18.2 Å². The molecule has 0 aliphatic carbocycles. The van der Waals surface area contributed by atoms with Gasteiger partial charge in [0.25, 0.3) is 5.91 Å². The van der Waals surface area contributed by atoms with Crippen LogP contribution in [0.4, 0.5) is 5.69 Å². The second kappa shape index (κ2) is 4.74. The van der Waals surface area contributed by atoms with E-state index in [9.17, 15) is 9.90 Å². The average Bonchev–Trinajstić information content (AvgIpc) is 2.23. The van der Waals surface area contributed by atoms with E-state index in [0.717, 1.165) is 0 Å². The van der Waals surface area contributed by atoms with Crippen molar-refractivity contribution in [2.75, 3.05) is 19.8 Å². The van der Waals surface area contributed by atoms with Crippen LogP contribution in [0.3, 0.4) is 0 Å². The van der Waals surface area contributed by atoms with Gasteiger partial charge in [-0.1, -0.05) is 6.07 Å². The van der Waals surface area contributed by atoms with Gasteiger partial charge in [0.1, 0.15) is 17.2 Å². The van der Waals surface area contributed by atoms with Crippen LogP contribution in [0.2, 0.25) is 0 Å². The molecule has 5 heteroatoms. The van der Waals surface area contributed by atoms with E-state index in [1.165, 1.54) is 11.0 Å². The van der Waals surface area contributed by atoms with Crippen molar-refractivity contribution in [3.8, 4) is 11.5 Å². The van der Waals surface area contributed by atoms with Crippen molar-refractivity contribution in [1.29, 1.82) is 0 Å². The summed E-state index contributed by atoms with van der Waals surface area (Å²) >= 11 is 0. The molecular formula is C11H16N2O3. The number of nitrogens with two attached hydrogens (primary N) is 1. The van der Waals surface area contributed by atoms with Crippen LogP contribution in [-0.4, -0.2) is 36.1 Å². The van der Waals surface area contributed by atoms with Gasteiger partial charge in [0.15, 0.2) is 6.10 Å². The average molecular weight is 224 g/mol. The predicted octanol–water partition coefficient (Wildman–Crippen LogP) is 0.830. The fourth-order valence-electron chi connectivity index (χ4n) is 1.24. The molecule has 0 spiro atoms. The maximum Gasteiger partial charge on any atom is 0.262 e. The summed E-state index contributed by atoms with van der Waals surface area (Å²) in [5.41, 5.74) is 5.75. The van der Waals surface area contributed by atoms with Crippen molar-refractivity contribution in [3.63, 3.8) is 0 Å². The minimum atomic E-state index is -0.640. The molecule has 1 aromatic rings. The summed E-state index contributed by atoms with van der Waals surface area (Å²) in [6, 6.07) is 4.67. The minimum absolute atomic E-state index is 0.0537. The number of amides is 1. The number of phenols is 1. The zero-order valence-electron chi connectivity index (χ0n) is 9.60. The molecule has 3 N–H and O–H groups in total. The Bertz CT molecular complexity index is 391. The third-order valence-corrected chi connectivity index (χ3v) is 2.14. The molecule has 0 aromatic heterocycles. The summed E-state index contributed by atoms with van der Waals surface area (Å²) in [6.45, 7) is 1.63. The fourth-order valence-corrected chi connectivity index (χ4v) is 1.24. The summed E-state index contributed by atoms with van der Waals surface area (Å²) in [5.74, 6) is 0.0902. The van der Waals surface area contributed by atoms with E-state index in [-0.39, 0.29) is 17.3 Å². The molecule has 1 unspecified atom stereocenters. The molecule has 1 atom stereocenters. The van der Waals surface area contributed by atoms with Crippen LogP contribution >= 0.6 is 0 Å². The number of hydrogen-bond donors (Lipinski definition) is 2. The third kappa shape index (κ3) is 2.56. The summed E-state index contributed by atoms with van der Waals surface area (Å²) in [6.07, 6.45) is -0.640. The van der Waals surface area contributed by atoms with Gasteiger partial charge in [-0.2, -0.15) is 0 Å². The second-order valence-electron chi connectivity index (χ2n) is 3.68. The molecule has 0 saturated heterocycles. The lowest BCUT2D eigenvalue weighted by Crippen LogP contribution is -2.35. The highest BCUT2D eigenvalue weighted by molar-refractivity contribution is 5.80. The first-order valence-corrected chi connectivity index (χ1v) is 4.88. The number of hydrogen-bond acceptors (Lipinski definition) is 4. The molecule has 0 heterocycles. The number of nitrogens with zero attached hydrogens (tertiary/aromatic N) is 1. The third-order valence-electron chi connectivity index (χ3n) is 2.14. The number of likely N-dealkylation sites (N-methyl/N-ethyl adjacent to an activating group) is 1. The van der Waals surface area contributed by atoms with Gasteiger partial charge in [0.05, 0.1) is 0 Å². The number of anilines is 1. The second-order valence-corrected chi connectivity index (χ2v) is 3.68. The quantitative estimate of drug-likeness (QED) is 0.589. The topological polar surface area (TPSA) is 75.8 Å². The zero-order chi connectivity index (χ0) is 12.3. The lowest BCUT2D eigenvalue weighted by Gasteiger charge is -2.19. The highest BCUT2D eigenvalue weighted by Crippen LogP contribution is 2.30. The highest BCUT2D eigenvalue weighted by atomic mass is 16.5. The molecule has 0 aliphatic rings. The van der Waals surface area contributed by atoms with Crippen LogP contribution < -0.4 is 10.5 Å². The maximum absolute atomic E-state index is 11.5. The minimum Gasteiger partial charge on any atom is -0.506 e. The van der Waals surface area contributed by atoms with Gasteiger partial charge in [0, 0.05) is 14.1 Å². The number of benzene rings is 1. The number of carbonyl (C=O) groups is 1. The van der Waals surface area contributed by atoms with Gasteiger partial charge >= 0.3 is 0 Å². The fraction of sp³-hybridized carbons (Fsp3) is 0.364. The van der Waals surface area contributed by atoms with E-state index in [0.29, 0.717) is 5.75 Å². The van der Waals surface area contributed by atoms with Crippen molar-refractivity contribution in [1.82, 2.24) is 4.90 Å². The Morgan fingerprint density at radius 1 is 1.50 bits per heavy atom. The van der Waals surface area contributed by atoms with Gasteiger partial charge < -0.3 is 20.5 Å². The number of carbonyl (C=O) groups excluding carboxylic acids is 1. The SMILES string of the molecule is CC(Oc1cccc(O)c1N)C(=O)N(C)C. The first kappa shape index (κ1) is 12.2. The Hall–Kier alpha value is -1.91. The number of ether oxygens (including phenoxy) is 1. The monoisotopic (exact) mass is 224 g/mol. The number of nitrogen functional groups attached to an aromatic ring is 1. The van der Waals surface area contributed by atoms with Crippen molar-refractivity contribution < 1.29 is 14.6 Å². The largest absolute Gasteiger partial charge is 0.506 e. The smallest absolute Gasteiger partial charge is 0.262 e. The lowest BCUT2D eigenvalue weighted by atomic mass is 10.2. The zero-order valence-corrected chi connectivity index (χ0v) is 9.60. The molecule has 0 fully saturated rings. The van der Waals surface area contributed by atoms with Crippen LogP contribution in [-0.2, 0) is 4.79 Å². The predicted molar refractivity (Wildman–Crippen MR) is 61.3 cm³/mol. The summed E-state index contributed by atoms with van der Waals surface area (Å²) < 4.78 is 5.37. The number of phenolic OH excluding ortho intramolecular Hbond substituents is 1. The first-order valence-electron chi connectivity index (χ1n) is 4.88. The van der Waals surface area contributed by atoms with E-state index >= 15 is 0 Å². The number of aromatic hydroxyl groups is 1. The van der Waals surface area contributed by atoms with E-state index < -0.39 is 6.10 Å². The van der Waals surface area contributed by atoms with Gasteiger partial charge in [-0.3, -0.25) is 4.79 Å². The standard InChI is InChI=1S/C11H16N2O3/c1-7(11(15)13(2)3)16-9-6-4-5-8(14)10(9)12/h4-7,14H,12H2,1-3H3. The normalized spacial score (nSPS) is 11.9. The van der Waals surface area contributed by atoms with Gasteiger partial charge in [0.2, 0.25) is 0 Å². The Kier molecular flexibility index (Phi) is 3.60. The molecule has 88 valence electrons. The van der Waals surface area contributed by atoms with Gasteiger partial charge in [-0.15, -0.1) is 0 Å². The van der Waals surface area contributed by atoms with E-state index in [4.69, 9.17) is 10.5 Å². The molecule has 5 nitrogen and oxygen atoms in total. The molecule has 0 aliphatic heterocycles. The molecule has 16 heavy (non-hydrogen) atoms. The highest BCUT2D eigenvalue weighted by Gasteiger charge is 2.18. The van der Waals surface area contributed by atoms with E-state index in [1.807, 2.05) is 0 Å². The molecule has 1 rings (SSSR count). The van der Waals surface area contributed by atoms with Crippen LogP contribution in [0.15, 0.2) is 18.2 Å². The Morgan fingerprint density at radius 2 is 2.12 bits per heavy atom. The molecule has 1 amide bonds. The Morgan fingerprint density at radius 3 is 2.69 bits per heavy atom. The van der Waals surface area contributed by atoms with Crippen molar-refractivity contribution in [2.45, 2.75) is 13.0 Å². The van der Waals surface area contributed by atoms with E-state index in [2.05, 4.69) is 0 Å². The van der Waals surface area contributed by atoms with Crippen LogP contribution in [0.5, 0.6) is 11.5 Å². The Labute approximate surface area is 94.4 Å². The first-order chi connectivity index (χ1) is 7.43. The van der Waals surface area contributed by atoms with Gasteiger partial charge in [-0.25, -0.2) is 0 Å². The number of para-hydroxylation sites is 1. The summed E-state index contributed by atoms with van der Waals surface area (Å²) in [4.78, 5) is 13.0. The van der Waals surface area contributed by atoms with Gasteiger partial charge in [-0.05, 0) is 19.1 Å². The Balaban J connectivity index is 2.81. The van der Waals surface area contributed by atoms with Crippen molar-refractivity contribution in [2.24, 2.45) is 0 Å².